The normalized spacial score (nSPS) is 12.8. The van der Waals surface area contributed by atoms with Crippen molar-refractivity contribution >= 4 is 0 Å². The Morgan fingerprint density at radius 2 is 1.68 bits per heavy atom. The Labute approximate surface area is 296 Å². The van der Waals surface area contributed by atoms with Gasteiger partial charge in [0.15, 0.2) is 11.5 Å². The summed E-state index contributed by atoms with van der Waals surface area (Å²) >= 11 is 0. The molecule has 0 saturated heterocycles. The molecule has 3 N–H and O–H groups in total. The van der Waals surface area contributed by atoms with Crippen molar-refractivity contribution in [3.8, 4) is 40.2 Å². The van der Waals surface area contributed by atoms with Crippen molar-refractivity contribution in [1.29, 1.82) is 5.26 Å². The first-order valence-corrected chi connectivity index (χ1v) is 17.4. The molecule has 0 amide bonds. The third-order valence-electron chi connectivity index (χ3n) is 8.94. The smallest absolute Gasteiger partial charge is 0.161 e. The molecular formula is C41H49N3O6. The fraction of sp³-hybridized carbons (Fsp3) is 0.390. The van der Waals surface area contributed by atoms with Crippen molar-refractivity contribution in [2.75, 3.05) is 46.5 Å². The average Bonchev–Trinajstić information content (AvgIpc) is 3.12. The minimum absolute atomic E-state index is 0.00722. The van der Waals surface area contributed by atoms with E-state index in [-0.39, 0.29) is 6.61 Å². The van der Waals surface area contributed by atoms with Gasteiger partial charge in [0.2, 0.25) is 0 Å². The summed E-state index contributed by atoms with van der Waals surface area (Å²) in [7, 11) is 2.10. The van der Waals surface area contributed by atoms with Crippen LogP contribution in [0.5, 0.6) is 23.0 Å². The highest BCUT2D eigenvalue weighted by Gasteiger charge is 2.16. The molecule has 0 aliphatic carbocycles. The monoisotopic (exact) mass is 679 g/mol. The molecule has 0 spiro atoms. The lowest BCUT2D eigenvalue weighted by atomic mass is 9.96. The van der Waals surface area contributed by atoms with Crippen molar-refractivity contribution in [2.24, 2.45) is 0 Å². The number of hydrogen-bond acceptors (Lipinski definition) is 9. The number of aliphatic hydroxyl groups excluding tert-OH is 2. The molecule has 9 heteroatoms. The highest BCUT2D eigenvalue weighted by Crippen LogP contribution is 2.37. The lowest BCUT2D eigenvalue weighted by Gasteiger charge is -2.22. The van der Waals surface area contributed by atoms with Crippen LogP contribution in [0.2, 0.25) is 0 Å². The maximum absolute atomic E-state index is 9.81. The Bertz CT molecular complexity index is 1750. The topological polar surface area (TPSA) is 116 Å². The Hall–Kier alpha value is -4.59. The van der Waals surface area contributed by atoms with Crippen LogP contribution in [-0.2, 0) is 19.8 Å². The predicted molar refractivity (Wildman–Crippen MR) is 195 cm³/mol. The SMILES string of the molecule is Cc1cc(CN(C)CCCNCCC(O)CCO)c(OCc2cccc(C#N)c2)cc1OCc1cccc(-c2ccc3c(c2)OCCO3)c1C. The maximum Gasteiger partial charge on any atom is 0.161 e. The zero-order chi connectivity index (χ0) is 35.3. The Kier molecular flexibility index (Phi) is 13.5. The van der Waals surface area contributed by atoms with Crippen LogP contribution in [0.4, 0.5) is 0 Å². The number of benzene rings is 4. The van der Waals surface area contributed by atoms with E-state index in [4.69, 9.17) is 24.1 Å². The molecule has 50 heavy (non-hydrogen) atoms. The summed E-state index contributed by atoms with van der Waals surface area (Å²) in [6, 6.07) is 26.2. The first-order chi connectivity index (χ1) is 24.3. The molecule has 4 aromatic carbocycles. The van der Waals surface area contributed by atoms with Gasteiger partial charge in [0.25, 0.3) is 0 Å². The molecule has 5 rings (SSSR count). The lowest BCUT2D eigenvalue weighted by molar-refractivity contribution is 0.125. The number of fused-ring (bicyclic) bond motifs is 1. The molecule has 0 radical (unpaired) electrons. The highest BCUT2D eigenvalue weighted by molar-refractivity contribution is 5.71. The van der Waals surface area contributed by atoms with Gasteiger partial charge in [-0.3, -0.25) is 0 Å². The molecule has 0 aromatic heterocycles. The number of nitrogens with zero attached hydrogens (tertiary/aromatic N) is 2. The molecule has 0 fully saturated rings. The predicted octanol–water partition coefficient (Wildman–Crippen LogP) is 6.32. The largest absolute Gasteiger partial charge is 0.488 e. The van der Waals surface area contributed by atoms with E-state index >= 15 is 0 Å². The minimum atomic E-state index is -0.466. The van der Waals surface area contributed by atoms with Crippen LogP contribution in [0.15, 0.2) is 72.8 Å². The Morgan fingerprint density at radius 1 is 0.880 bits per heavy atom. The van der Waals surface area contributed by atoms with Crippen molar-refractivity contribution in [3.05, 3.63) is 106 Å². The van der Waals surface area contributed by atoms with Crippen molar-refractivity contribution < 1.29 is 29.2 Å². The van der Waals surface area contributed by atoms with Crippen molar-refractivity contribution in [2.45, 2.75) is 59.0 Å². The zero-order valence-electron chi connectivity index (χ0n) is 29.4. The number of aliphatic hydroxyl groups is 2. The molecule has 1 heterocycles. The summed E-state index contributed by atoms with van der Waals surface area (Å²) in [4.78, 5) is 2.27. The summed E-state index contributed by atoms with van der Waals surface area (Å²) in [6.07, 6.45) is 1.53. The van der Waals surface area contributed by atoms with Gasteiger partial charge in [-0.05, 0) is 124 Å². The molecule has 1 aliphatic rings. The third-order valence-corrected chi connectivity index (χ3v) is 8.94. The first-order valence-electron chi connectivity index (χ1n) is 17.4. The van der Waals surface area contributed by atoms with Crippen molar-refractivity contribution in [1.82, 2.24) is 10.2 Å². The van der Waals surface area contributed by atoms with Crippen LogP contribution >= 0.6 is 0 Å². The van der Waals surface area contributed by atoms with E-state index in [0.29, 0.717) is 51.4 Å². The zero-order valence-corrected chi connectivity index (χ0v) is 29.4. The molecule has 264 valence electrons. The van der Waals surface area contributed by atoms with Crippen LogP contribution in [0.1, 0.15) is 52.6 Å². The van der Waals surface area contributed by atoms with E-state index in [9.17, 15) is 10.4 Å². The fourth-order valence-corrected chi connectivity index (χ4v) is 6.08. The van der Waals surface area contributed by atoms with Gasteiger partial charge in [-0.1, -0.05) is 36.4 Å². The van der Waals surface area contributed by atoms with E-state index in [1.165, 1.54) is 0 Å². The molecule has 1 atom stereocenters. The molecule has 1 aliphatic heterocycles. The van der Waals surface area contributed by atoms with Crippen LogP contribution < -0.4 is 24.3 Å². The number of ether oxygens (including phenoxy) is 4. The van der Waals surface area contributed by atoms with Crippen LogP contribution in [-0.4, -0.2) is 67.7 Å². The second-order valence-electron chi connectivity index (χ2n) is 12.9. The van der Waals surface area contributed by atoms with Gasteiger partial charge in [0, 0.05) is 24.8 Å². The quantitative estimate of drug-likeness (QED) is 0.104. The second-order valence-corrected chi connectivity index (χ2v) is 12.9. The van der Waals surface area contributed by atoms with Gasteiger partial charge < -0.3 is 39.4 Å². The van der Waals surface area contributed by atoms with Crippen LogP contribution in [0.25, 0.3) is 11.1 Å². The number of rotatable bonds is 18. The lowest BCUT2D eigenvalue weighted by Crippen LogP contribution is -2.26. The van der Waals surface area contributed by atoms with Crippen LogP contribution in [0, 0.1) is 25.2 Å². The summed E-state index contributed by atoms with van der Waals surface area (Å²) in [5.41, 5.74) is 8.04. The summed E-state index contributed by atoms with van der Waals surface area (Å²) in [6.45, 7) is 9.18. The first kappa shape index (κ1) is 36.7. The molecule has 0 bridgehead atoms. The van der Waals surface area contributed by atoms with Crippen LogP contribution in [0.3, 0.4) is 0 Å². The van der Waals surface area contributed by atoms with Gasteiger partial charge in [0.05, 0.1) is 17.7 Å². The molecule has 9 nitrogen and oxygen atoms in total. The van der Waals surface area contributed by atoms with E-state index in [2.05, 4.69) is 67.5 Å². The summed E-state index contributed by atoms with van der Waals surface area (Å²) in [5, 5.41) is 31.5. The third kappa shape index (κ3) is 10.2. The number of nitriles is 1. The molecular weight excluding hydrogens is 630 g/mol. The second kappa shape index (κ2) is 18.4. The van der Waals surface area contributed by atoms with Gasteiger partial charge in [-0.2, -0.15) is 5.26 Å². The standard InChI is InChI=1S/C41H49N3O6/c1-29-21-35(26-44(3)17-6-15-43-16-13-36(46)14-18-45)40(49-27-32-8-4-7-31(22-32)25-42)24-39(29)50-28-34-9-5-10-37(30(34)2)33-11-12-38-41(23-33)48-20-19-47-38/h4-5,7-12,21-24,36,43,45-46H,6,13-20,26-28H2,1-3H3. The van der Waals surface area contributed by atoms with E-state index in [0.717, 1.165) is 88.0 Å². The summed E-state index contributed by atoms with van der Waals surface area (Å²) < 4.78 is 24.5. The van der Waals surface area contributed by atoms with Crippen molar-refractivity contribution in [3.63, 3.8) is 0 Å². The number of hydrogen-bond donors (Lipinski definition) is 3. The van der Waals surface area contributed by atoms with Gasteiger partial charge >= 0.3 is 0 Å². The Balaban J connectivity index is 1.27. The average molecular weight is 680 g/mol. The van der Waals surface area contributed by atoms with E-state index < -0.39 is 6.10 Å². The Morgan fingerprint density at radius 3 is 2.50 bits per heavy atom. The fourth-order valence-electron chi connectivity index (χ4n) is 6.08. The van der Waals surface area contributed by atoms with Gasteiger partial charge in [0.1, 0.15) is 37.9 Å². The highest BCUT2D eigenvalue weighted by atomic mass is 16.6. The molecule has 1 unspecified atom stereocenters. The summed E-state index contributed by atoms with van der Waals surface area (Å²) in [5.74, 6) is 3.05. The van der Waals surface area contributed by atoms with E-state index in [1.807, 2.05) is 36.4 Å². The number of nitrogens with one attached hydrogen (secondary N) is 1. The van der Waals surface area contributed by atoms with Gasteiger partial charge in [-0.15, -0.1) is 0 Å². The van der Waals surface area contributed by atoms with Gasteiger partial charge in [-0.25, -0.2) is 0 Å². The molecule has 4 aromatic rings. The maximum atomic E-state index is 9.81. The van der Waals surface area contributed by atoms with E-state index in [1.54, 1.807) is 6.07 Å². The molecule has 0 saturated carbocycles. The minimum Gasteiger partial charge on any atom is -0.488 e. The number of aryl methyl sites for hydroxylation is 1.